The van der Waals surface area contributed by atoms with E-state index >= 15 is 4.39 Å². The third-order valence-corrected chi connectivity index (χ3v) is 7.62. The Labute approximate surface area is 219 Å². The first-order valence-electron chi connectivity index (χ1n) is 13.0. The van der Waals surface area contributed by atoms with E-state index in [1.54, 1.807) is 29.7 Å². The number of hydrogen-bond donors (Lipinski definition) is 1. The second-order valence-electron chi connectivity index (χ2n) is 10.1. The normalized spacial score (nSPS) is 18.6. The van der Waals surface area contributed by atoms with E-state index in [1.165, 1.54) is 0 Å². The molecule has 2 aliphatic heterocycles. The number of hydrogen-bond acceptors (Lipinski definition) is 8. The maximum Gasteiger partial charge on any atom is 0.260 e. The highest BCUT2D eigenvalue weighted by molar-refractivity contribution is 5.85. The molecule has 0 saturated carbocycles. The van der Waals surface area contributed by atoms with Crippen LogP contribution in [0.2, 0.25) is 0 Å². The fourth-order valence-corrected chi connectivity index (χ4v) is 5.55. The molecule has 0 unspecified atom stereocenters. The minimum Gasteiger partial charge on any atom is -0.368 e. The van der Waals surface area contributed by atoms with Crippen LogP contribution in [-0.4, -0.2) is 77.0 Å². The number of likely N-dealkylation sites (tertiary alicyclic amines) is 2. The summed E-state index contributed by atoms with van der Waals surface area (Å²) in [5, 5.41) is 0. The smallest absolute Gasteiger partial charge is 0.260 e. The van der Waals surface area contributed by atoms with Gasteiger partial charge in [-0.2, -0.15) is 0 Å². The molecule has 2 N–H and O–H groups in total. The molecule has 0 aromatic carbocycles. The lowest BCUT2D eigenvalue weighted by Crippen LogP contribution is -2.53. The van der Waals surface area contributed by atoms with Gasteiger partial charge in [-0.05, 0) is 37.1 Å². The lowest BCUT2D eigenvalue weighted by Gasteiger charge is -2.40. The number of aromatic nitrogens is 6. The fraction of sp³-hybridized carbons (Fsp3) is 0.407. The first-order valence-corrected chi connectivity index (χ1v) is 13.0. The Hall–Kier alpha value is -3.99. The number of imidazole rings is 1. The Morgan fingerprint density at radius 2 is 1.71 bits per heavy atom. The third-order valence-electron chi connectivity index (χ3n) is 7.62. The van der Waals surface area contributed by atoms with E-state index in [1.807, 2.05) is 30.3 Å². The number of halogens is 1. The van der Waals surface area contributed by atoms with Crippen LogP contribution in [0.25, 0.3) is 22.7 Å². The SMILES string of the molecule is Nc1ncc(CN2CCC(F)(C(=O)N3CCC(n4c(-c5ccccn5)nc5cccnc54)CC3)CC2)cn1. The Morgan fingerprint density at radius 1 is 0.974 bits per heavy atom. The van der Waals surface area contributed by atoms with Crippen LogP contribution in [0, 0.1) is 0 Å². The summed E-state index contributed by atoms with van der Waals surface area (Å²) in [5.41, 5.74) is 7.05. The largest absolute Gasteiger partial charge is 0.368 e. The predicted octanol–water partition coefficient (Wildman–Crippen LogP) is 3.03. The maximum atomic E-state index is 15.9. The molecule has 1 amide bonds. The van der Waals surface area contributed by atoms with Crippen LogP contribution in [-0.2, 0) is 11.3 Å². The van der Waals surface area contributed by atoms with Crippen LogP contribution in [0.3, 0.4) is 0 Å². The van der Waals surface area contributed by atoms with Crippen molar-refractivity contribution in [3.05, 3.63) is 60.7 Å². The molecule has 196 valence electrons. The van der Waals surface area contributed by atoms with E-state index in [4.69, 9.17) is 10.7 Å². The number of nitrogen functional groups attached to an aromatic ring is 1. The highest BCUT2D eigenvalue weighted by Crippen LogP contribution is 2.35. The number of fused-ring (bicyclic) bond motifs is 1. The van der Waals surface area contributed by atoms with Gasteiger partial charge in [0.25, 0.3) is 5.91 Å². The molecule has 0 radical (unpaired) electrons. The second-order valence-corrected chi connectivity index (χ2v) is 10.1. The zero-order valence-corrected chi connectivity index (χ0v) is 21.1. The molecule has 0 bridgehead atoms. The van der Waals surface area contributed by atoms with Gasteiger partial charge in [0.15, 0.2) is 17.1 Å². The van der Waals surface area contributed by atoms with Gasteiger partial charge in [-0.1, -0.05) is 6.07 Å². The number of nitrogens with two attached hydrogens (primary N) is 1. The minimum absolute atomic E-state index is 0.0930. The Bertz CT molecular complexity index is 1410. The first kappa shape index (κ1) is 24.4. The average Bonchev–Trinajstić information content (AvgIpc) is 3.35. The van der Waals surface area contributed by atoms with E-state index in [9.17, 15) is 4.79 Å². The number of carbonyl (C=O) groups excluding carboxylic acids is 1. The summed E-state index contributed by atoms with van der Waals surface area (Å²) in [5.74, 6) is 0.616. The molecule has 2 aliphatic rings. The molecule has 38 heavy (non-hydrogen) atoms. The zero-order chi connectivity index (χ0) is 26.1. The molecule has 11 heteroatoms. The van der Waals surface area contributed by atoms with E-state index in [0.29, 0.717) is 45.6 Å². The summed E-state index contributed by atoms with van der Waals surface area (Å²) in [6, 6.07) is 9.67. The van der Waals surface area contributed by atoms with E-state index in [-0.39, 0.29) is 30.7 Å². The highest BCUT2D eigenvalue weighted by atomic mass is 19.1. The van der Waals surface area contributed by atoms with Crippen LogP contribution in [0.5, 0.6) is 0 Å². The molecule has 0 atom stereocenters. The molecular weight excluding hydrogens is 485 g/mol. The molecule has 4 aromatic rings. The molecule has 6 heterocycles. The number of rotatable bonds is 5. The van der Waals surface area contributed by atoms with Crippen molar-refractivity contribution in [2.75, 3.05) is 31.9 Å². The second kappa shape index (κ2) is 10.1. The first-order chi connectivity index (χ1) is 18.5. The van der Waals surface area contributed by atoms with Crippen molar-refractivity contribution in [3.8, 4) is 11.5 Å². The topological polar surface area (TPSA) is 119 Å². The molecule has 6 rings (SSSR count). The summed E-state index contributed by atoms with van der Waals surface area (Å²) in [7, 11) is 0. The molecule has 4 aromatic heterocycles. The van der Waals surface area contributed by atoms with Gasteiger partial charge < -0.3 is 15.2 Å². The number of pyridine rings is 2. The standard InChI is InChI=1S/C27H30FN9O/c28-27(8-14-35(15-9-27)18-19-16-32-26(29)33-17-19)25(38)36-12-6-20(7-13-36)37-23-22(5-3-11-31-23)34-24(37)21-4-1-2-10-30-21/h1-5,10-11,16-17,20H,6-9,12-15,18H2,(H2,29,32,33). The Kier molecular flexibility index (Phi) is 6.44. The molecule has 10 nitrogen and oxygen atoms in total. The third kappa shape index (κ3) is 4.69. The van der Waals surface area contributed by atoms with Gasteiger partial charge in [-0.15, -0.1) is 0 Å². The number of piperidine rings is 2. The lowest BCUT2D eigenvalue weighted by molar-refractivity contribution is -0.148. The Morgan fingerprint density at radius 3 is 2.42 bits per heavy atom. The Balaban J connectivity index is 1.12. The van der Waals surface area contributed by atoms with Crippen molar-refractivity contribution >= 4 is 23.0 Å². The van der Waals surface area contributed by atoms with Crippen molar-refractivity contribution in [3.63, 3.8) is 0 Å². The summed E-state index contributed by atoms with van der Waals surface area (Å²) in [6.45, 7) is 2.61. The minimum atomic E-state index is -1.83. The van der Waals surface area contributed by atoms with Crippen molar-refractivity contribution in [2.45, 2.75) is 43.9 Å². The molecule has 2 fully saturated rings. The van der Waals surface area contributed by atoms with Crippen LogP contribution >= 0.6 is 0 Å². The molecule has 0 aliphatic carbocycles. The van der Waals surface area contributed by atoms with E-state index in [2.05, 4.69) is 29.4 Å². The summed E-state index contributed by atoms with van der Waals surface area (Å²) < 4.78 is 18.0. The quantitative estimate of drug-likeness (QED) is 0.431. The van der Waals surface area contributed by atoms with Crippen LogP contribution in [0.1, 0.15) is 37.3 Å². The molecule has 0 spiro atoms. The van der Waals surface area contributed by atoms with Crippen molar-refractivity contribution in [1.82, 2.24) is 39.3 Å². The number of nitrogens with zero attached hydrogens (tertiary/aromatic N) is 8. The monoisotopic (exact) mass is 515 g/mol. The summed E-state index contributed by atoms with van der Waals surface area (Å²) in [4.78, 5) is 39.1. The van der Waals surface area contributed by atoms with Gasteiger partial charge in [0.2, 0.25) is 5.95 Å². The lowest BCUT2D eigenvalue weighted by atomic mass is 9.90. The summed E-state index contributed by atoms with van der Waals surface area (Å²) >= 11 is 0. The average molecular weight is 516 g/mol. The van der Waals surface area contributed by atoms with Crippen molar-refractivity contribution in [2.24, 2.45) is 0 Å². The number of carbonyl (C=O) groups is 1. The highest BCUT2D eigenvalue weighted by Gasteiger charge is 2.45. The molecular formula is C27H30FN9O. The number of alkyl halides is 1. The number of anilines is 1. The number of amides is 1. The van der Waals surface area contributed by atoms with Crippen LogP contribution in [0.4, 0.5) is 10.3 Å². The van der Waals surface area contributed by atoms with Crippen molar-refractivity contribution in [1.29, 1.82) is 0 Å². The maximum absolute atomic E-state index is 15.9. The molecule has 2 saturated heterocycles. The summed E-state index contributed by atoms with van der Waals surface area (Å²) in [6.07, 6.45) is 8.66. The van der Waals surface area contributed by atoms with Gasteiger partial charge in [0, 0.05) is 82.0 Å². The van der Waals surface area contributed by atoms with Gasteiger partial charge >= 0.3 is 0 Å². The van der Waals surface area contributed by atoms with Gasteiger partial charge in [0.1, 0.15) is 11.2 Å². The van der Waals surface area contributed by atoms with Gasteiger partial charge in [-0.3, -0.25) is 14.7 Å². The van der Waals surface area contributed by atoms with Gasteiger partial charge in [-0.25, -0.2) is 24.3 Å². The van der Waals surface area contributed by atoms with E-state index < -0.39 is 5.67 Å². The predicted molar refractivity (Wildman–Crippen MR) is 140 cm³/mol. The van der Waals surface area contributed by atoms with Crippen LogP contribution in [0.15, 0.2) is 55.1 Å². The van der Waals surface area contributed by atoms with E-state index in [0.717, 1.165) is 28.2 Å². The zero-order valence-electron chi connectivity index (χ0n) is 21.1. The van der Waals surface area contributed by atoms with Crippen LogP contribution < -0.4 is 5.73 Å². The van der Waals surface area contributed by atoms with Gasteiger partial charge in [0.05, 0.1) is 0 Å². The fourth-order valence-electron chi connectivity index (χ4n) is 5.55. The van der Waals surface area contributed by atoms with Crippen molar-refractivity contribution < 1.29 is 9.18 Å².